The first-order valence-electron chi connectivity index (χ1n) is 6.08. The van der Waals surface area contributed by atoms with Crippen molar-refractivity contribution < 1.29 is 13.5 Å². The summed E-state index contributed by atoms with van der Waals surface area (Å²) in [5.74, 6) is 0.104. The Morgan fingerprint density at radius 3 is 2.44 bits per heavy atom. The number of aryl methyl sites for hydroxylation is 1. The van der Waals surface area contributed by atoms with Crippen molar-refractivity contribution in [1.82, 2.24) is 4.31 Å². The number of aliphatic hydroxyl groups is 1. The molecular weight excluding hydrogens is 250 g/mol. The number of sulfonamides is 1. The van der Waals surface area contributed by atoms with Crippen LogP contribution >= 0.6 is 0 Å². The van der Waals surface area contributed by atoms with Gasteiger partial charge in [0.25, 0.3) is 0 Å². The molecule has 1 aromatic rings. The molecule has 1 aromatic carbocycles. The molecular formula is C13H21NO3S. The van der Waals surface area contributed by atoms with E-state index < -0.39 is 16.1 Å². The summed E-state index contributed by atoms with van der Waals surface area (Å²) in [4.78, 5) is 0. The van der Waals surface area contributed by atoms with Crippen molar-refractivity contribution in [2.75, 3.05) is 19.3 Å². The maximum atomic E-state index is 12.0. The molecule has 1 rings (SSSR count). The molecule has 0 saturated carbocycles. The zero-order valence-corrected chi connectivity index (χ0v) is 11.7. The number of hydrogen-bond donors (Lipinski definition) is 1. The van der Waals surface area contributed by atoms with Crippen LogP contribution < -0.4 is 0 Å². The lowest BCUT2D eigenvalue weighted by molar-refractivity contribution is 0.177. The van der Waals surface area contributed by atoms with Crippen LogP contribution in [0.2, 0.25) is 0 Å². The number of benzene rings is 1. The molecule has 0 aliphatic carbocycles. The molecule has 0 saturated heterocycles. The fourth-order valence-electron chi connectivity index (χ4n) is 1.56. The Bertz CT molecular complexity index is 443. The van der Waals surface area contributed by atoms with Crippen LogP contribution in [0.25, 0.3) is 0 Å². The first-order valence-corrected chi connectivity index (χ1v) is 7.69. The van der Waals surface area contributed by atoms with Crippen LogP contribution in [-0.4, -0.2) is 43.3 Å². The van der Waals surface area contributed by atoms with E-state index in [1.165, 1.54) is 4.31 Å². The van der Waals surface area contributed by atoms with Crippen LogP contribution in [0.15, 0.2) is 30.3 Å². The van der Waals surface area contributed by atoms with Crippen molar-refractivity contribution in [3.05, 3.63) is 35.9 Å². The Labute approximate surface area is 109 Å². The highest BCUT2D eigenvalue weighted by Gasteiger charge is 2.17. The van der Waals surface area contributed by atoms with Gasteiger partial charge in [0.2, 0.25) is 10.0 Å². The van der Waals surface area contributed by atoms with Crippen LogP contribution in [0.1, 0.15) is 18.9 Å². The van der Waals surface area contributed by atoms with Gasteiger partial charge in [-0.1, -0.05) is 30.3 Å². The second-order valence-corrected chi connectivity index (χ2v) is 6.71. The SMILES string of the molecule is CC(O)CCN(C)S(=O)(=O)CCc1ccccc1. The van der Waals surface area contributed by atoms with Crippen LogP contribution in [-0.2, 0) is 16.4 Å². The van der Waals surface area contributed by atoms with Crippen molar-refractivity contribution >= 4 is 10.0 Å². The second kappa shape index (κ2) is 6.87. The third kappa shape index (κ3) is 5.16. The lowest BCUT2D eigenvalue weighted by Gasteiger charge is -2.17. The number of nitrogens with zero attached hydrogens (tertiary/aromatic N) is 1. The van der Waals surface area contributed by atoms with Gasteiger partial charge in [-0.25, -0.2) is 12.7 Å². The monoisotopic (exact) mass is 271 g/mol. The minimum atomic E-state index is -3.23. The molecule has 0 heterocycles. The standard InChI is InChI=1S/C13H21NO3S/c1-12(15)8-10-14(2)18(16,17)11-9-13-6-4-3-5-7-13/h3-7,12,15H,8-11H2,1-2H3. The van der Waals surface area contributed by atoms with Gasteiger partial charge in [-0.3, -0.25) is 0 Å². The Hall–Kier alpha value is -0.910. The van der Waals surface area contributed by atoms with Crippen LogP contribution in [0, 0.1) is 0 Å². The lowest BCUT2D eigenvalue weighted by atomic mass is 10.2. The summed E-state index contributed by atoms with van der Waals surface area (Å²) >= 11 is 0. The minimum absolute atomic E-state index is 0.104. The zero-order valence-electron chi connectivity index (χ0n) is 10.9. The van der Waals surface area contributed by atoms with Gasteiger partial charge < -0.3 is 5.11 Å². The highest BCUT2D eigenvalue weighted by Crippen LogP contribution is 2.06. The maximum Gasteiger partial charge on any atom is 0.214 e. The van der Waals surface area contributed by atoms with Gasteiger partial charge in [-0.15, -0.1) is 0 Å². The molecule has 1 N–H and O–H groups in total. The molecule has 0 amide bonds. The van der Waals surface area contributed by atoms with Gasteiger partial charge in [0.05, 0.1) is 11.9 Å². The third-order valence-electron chi connectivity index (χ3n) is 2.83. The summed E-state index contributed by atoms with van der Waals surface area (Å²) in [5, 5.41) is 9.15. The molecule has 5 heteroatoms. The summed E-state index contributed by atoms with van der Waals surface area (Å²) in [6.45, 7) is 2.01. The Morgan fingerprint density at radius 1 is 1.28 bits per heavy atom. The molecule has 102 valence electrons. The zero-order chi connectivity index (χ0) is 13.6. The van der Waals surface area contributed by atoms with E-state index in [0.29, 0.717) is 19.4 Å². The molecule has 0 aliphatic rings. The number of rotatable bonds is 7. The summed E-state index contributed by atoms with van der Waals surface area (Å²) in [7, 11) is -1.67. The van der Waals surface area contributed by atoms with E-state index in [1.807, 2.05) is 30.3 Å². The van der Waals surface area contributed by atoms with E-state index in [2.05, 4.69) is 0 Å². The first-order chi connectivity index (χ1) is 8.42. The van der Waals surface area contributed by atoms with E-state index in [9.17, 15) is 8.42 Å². The smallest absolute Gasteiger partial charge is 0.214 e. The highest BCUT2D eigenvalue weighted by molar-refractivity contribution is 7.89. The average molecular weight is 271 g/mol. The Morgan fingerprint density at radius 2 is 1.89 bits per heavy atom. The fraction of sp³-hybridized carbons (Fsp3) is 0.538. The van der Waals surface area contributed by atoms with Gasteiger partial charge in [-0.05, 0) is 25.3 Å². The van der Waals surface area contributed by atoms with E-state index in [-0.39, 0.29) is 5.75 Å². The largest absolute Gasteiger partial charge is 0.393 e. The minimum Gasteiger partial charge on any atom is -0.393 e. The normalized spacial score (nSPS) is 13.8. The van der Waals surface area contributed by atoms with Crippen LogP contribution in [0.4, 0.5) is 0 Å². The summed E-state index contributed by atoms with van der Waals surface area (Å²) in [6.07, 6.45) is 0.500. The topological polar surface area (TPSA) is 57.6 Å². The van der Waals surface area contributed by atoms with E-state index in [1.54, 1.807) is 14.0 Å². The third-order valence-corrected chi connectivity index (χ3v) is 4.68. The predicted molar refractivity (Wildman–Crippen MR) is 72.9 cm³/mol. The summed E-state index contributed by atoms with van der Waals surface area (Å²) in [6, 6.07) is 9.56. The van der Waals surface area contributed by atoms with Crippen molar-refractivity contribution in [1.29, 1.82) is 0 Å². The van der Waals surface area contributed by atoms with Crippen LogP contribution in [0.5, 0.6) is 0 Å². The Kier molecular flexibility index (Phi) is 5.78. The van der Waals surface area contributed by atoms with E-state index in [4.69, 9.17) is 5.11 Å². The van der Waals surface area contributed by atoms with E-state index in [0.717, 1.165) is 5.56 Å². The van der Waals surface area contributed by atoms with Gasteiger partial charge in [-0.2, -0.15) is 0 Å². The average Bonchev–Trinajstić information content (AvgIpc) is 2.34. The van der Waals surface area contributed by atoms with Crippen LogP contribution in [0.3, 0.4) is 0 Å². The maximum absolute atomic E-state index is 12.0. The number of aliphatic hydroxyl groups excluding tert-OH is 1. The Balaban J connectivity index is 2.49. The predicted octanol–water partition coefficient (Wildman–Crippen LogP) is 1.26. The lowest BCUT2D eigenvalue weighted by Crippen LogP contribution is -2.32. The molecule has 0 spiro atoms. The quantitative estimate of drug-likeness (QED) is 0.812. The van der Waals surface area contributed by atoms with Crippen molar-refractivity contribution in [3.63, 3.8) is 0 Å². The molecule has 1 atom stereocenters. The second-order valence-electron chi connectivity index (χ2n) is 4.51. The fourth-order valence-corrected chi connectivity index (χ4v) is 2.74. The van der Waals surface area contributed by atoms with Crippen molar-refractivity contribution in [3.8, 4) is 0 Å². The van der Waals surface area contributed by atoms with Crippen molar-refractivity contribution in [2.24, 2.45) is 0 Å². The molecule has 0 aromatic heterocycles. The molecule has 1 unspecified atom stereocenters. The number of hydrogen-bond acceptors (Lipinski definition) is 3. The highest BCUT2D eigenvalue weighted by atomic mass is 32.2. The van der Waals surface area contributed by atoms with Gasteiger partial charge >= 0.3 is 0 Å². The molecule has 18 heavy (non-hydrogen) atoms. The first kappa shape index (κ1) is 15.1. The van der Waals surface area contributed by atoms with Gasteiger partial charge in [0.15, 0.2) is 0 Å². The van der Waals surface area contributed by atoms with Gasteiger partial charge in [0.1, 0.15) is 0 Å². The summed E-state index contributed by atoms with van der Waals surface area (Å²) in [5.41, 5.74) is 1.02. The van der Waals surface area contributed by atoms with E-state index >= 15 is 0 Å². The molecule has 0 fully saturated rings. The molecule has 0 bridgehead atoms. The van der Waals surface area contributed by atoms with Gasteiger partial charge in [0, 0.05) is 13.6 Å². The molecule has 0 aliphatic heterocycles. The molecule has 0 radical (unpaired) electrons. The molecule has 4 nitrogen and oxygen atoms in total. The summed E-state index contributed by atoms with van der Waals surface area (Å²) < 4.78 is 25.2. The van der Waals surface area contributed by atoms with Crippen molar-refractivity contribution in [2.45, 2.75) is 25.9 Å².